The molecule has 2 heterocycles. The van der Waals surface area contributed by atoms with Crippen molar-refractivity contribution in [1.82, 2.24) is 24.5 Å². The molecule has 0 bridgehead atoms. The van der Waals surface area contributed by atoms with Crippen molar-refractivity contribution in [3.8, 4) is 0 Å². The second-order valence-corrected chi connectivity index (χ2v) is 5.32. The molecule has 2 aromatic rings. The summed E-state index contributed by atoms with van der Waals surface area (Å²) in [7, 11) is 1.79. The highest BCUT2D eigenvalue weighted by atomic mass is 16.1. The summed E-state index contributed by atoms with van der Waals surface area (Å²) < 4.78 is 3.39. The lowest BCUT2D eigenvalue weighted by atomic mass is 10.0. The number of aromatic nitrogens is 5. The average molecular weight is 276 g/mol. The summed E-state index contributed by atoms with van der Waals surface area (Å²) in [6.07, 6.45) is 5.02. The highest BCUT2D eigenvalue weighted by Crippen LogP contribution is 2.12. The van der Waals surface area contributed by atoms with Crippen molar-refractivity contribution < 1.29 is 4.79 Å². The molecule has 7 heteroatoms. The van der Waals surface area contributed by atoms with E-state index in [0.717, 1.165) is 6.54 Å². The molecule has 1 unspecified atom stereocenters. The maximum Gasteiger partial charge on any atom is 0.161 e. The molecule has 0 radical (unpaired) electrons. The minimum atomic E-state index is -0.673. The van der Waals surface area contributed by atoms with Gasteiger partial charge >= 0.3 is 0 Å². The molecule has 108 valence electrons. The van der Waals surface area contributed by atoms with Gasteiger partial charge in [0.25, 0.3) is 0 Å². The number of nitrogens with zero attached hydrogens (tertiary/aromatic N) is 5. The lowest BCUT2D eigenvalue weighted by Gasteiger charge is -2.10. The standard InChI is InChI=1S/C13H20N6O/c1-9(2)6-19-12(15-8-17-19)4-11(20)13(14)10-5-16-18(3)7-10/h5,7-9,13H,4,6,14H2,1-3H3. The Bertz CT molecular complexity index is 585. The van der Waals surface area contributed by atoms with Crippen molar-refractivity contribution in [3.05, 3.63) is 30.1 Å². The number of rotatable bonds is 6. The lowest BCUT2D eigenvalue weighted by Crippen LogP contribution is -2.24. The monoisotopic (exact) mass is 276 g/mol. The van der Waals surface area contributed by atoms with Crippen LogP contribution in [0.25, 0.3) is 0 Å². The van der Waals surface area contributed by atoms with Gasteiger partial charge in [-0.2, -0.15) is 10.2 Å². The Kier molecular flexibility index (Phi) is 4.29. The van der Waals surface area contributed by atoms with Crippen LogP contribution in [-0.4, -0.2) is 30.3 Å². The summed E-state index contributed by atoms with van der Waals surface area (Å²) in [6, 6.07) is -0.673. The molecule has 0 aliphatic heterocycles. The minimum absolute atomic E-state index is 0.0870. The summed E-state index contributed by atoms with van der Waals surface area (Å²) in [4.78, 5) is 16.4. The predicted octanol–water partition coefficient (Wildman–Crippen LogP) is 0.479. The largest absolute Gasteiger partial charge is 0.318 e. The zero-order valence-electron chi connectivity index (χ0n) is 12.0. The number of Topliss-reactive ketones (excluding diaryl/α,β-unsaturated/α-hetero) is 1. The SMILES string of the molecule is CC(C)Cn1ncnc1CC(=O)C(N)c1cnn(C)c1. The predicted molar refractivity (Wildman–Crippen MR) is 73.7 cm³/mol. The van der Waals surface area contributed by atoms with Crippen molar-refractivity contribution in [2.45, 2.75) is 32.9 Å². The van der Waals surface area contributed by atoms with Crippen LogP contribution in [0, 0.1) is 5.92 Å². The van der Waals surface area contributed by atoms with Crippen LogP contribution in [0.5, 0.6) is 0 Å². The maximum absolute atomic E-state index is 12.2. The van der Waals surface area contributed by atoms with Gasteiger partial charge < -0.3 is 5.73 Å². The number of ketones is 1. The van der Waals surface area contributed by atoms with E-state index in [0.29, 0.717) is 17.3 Å². The number of hydrogen-bond acceptors (Lipinski definition) is 5. The van der Waals surface area contributed by atoms with Gasteiger partial charge in [-0.3, -0.25) is 9.48 Å². The summed E-state index contributed by atoms with van der Waals surface area (Å²) in [6.45, 7) is 4.92. The number of nitrogens with two attached hydrogens (primary N) is 1. The first-order valence-corrected chi connectivity index (χ1v) is 6.61. The normalized spacial score (nSPS) is 12.8. The van der Waals surface area contributed by atoms with E-state index in [2.05, 4.69) is 29.0 Å². The zero-order chi connectivity index (χ0) is 14.7. The molecular formula is C13H20N6O. The molecule has 2 N–H and O–H groups in total. The van der Waals surface area contributed by atoms with E-state index >= 15 is 0 Å². The Labute approximate surface area is 117 Å². The number of hydrogen-bond donors (Lipinski definition) is 1. The Morgan fingerprint density at radius 3 is 2.75 bits per heavy atom. The highest BCUT2D eigenvalue weighted by Gasteiger charge is 2.20. The van der Waals surface area contributed by atoms with E-state index in [1.165, 1.54) is 6.33 Å². The molecule has 7 nitrogen and oxygen atoms in total. The molecular weight excluding hydrogens is 256 g/mol. The van der Waals surface area contributed by atoms with Crippen LogP contribution < -0.4 is 5.73 Å². The van der Waals surface area contributed by atoms with E-state index in [1.54, 1.807) is 28.8 Å². The summed E-state index contributed by atoms with van der Waals surface area (Å²) in [5.41, 5.74) is 6.67. The van der Waals surface area contributed by atoms with E-state index in [9.17, 15) is 4.79 Å². The summed E-state index contributed by atoms with van der Waals surface area (Å²) >= 11 is 0. The number of carbonyl (C=O) groups is 1. The maximum atomic E-state index is 12.2. The number of carbonyl (C=O) groups excluding carboxylic acids is 1. The molecule has 1 atom stereocenters. The van der Waals surface area contributed by atoms with Crippen molar-refractivity contribution in [2.75, 3.05) is 0 Å². The van der Waals surface area contributed by atoms with Crippen LogP contribution in [0.3, 0.4) is 0 Å². The first kappa shape index (κ1) is 14.4. The van der Waals surface area contributed by atoms with Gasteiger partial charge in [0.15, 0.2) is 5.78 Å². The summed E-state index contributed by atoms with van der Waals surface area (Å²) in [5, 5.41) is 8.17. The van der Waals surface area contributed by atoms with Crippen molar-refractivity contribution in [3.63, 3.8) is 0 Å². The molecule has 0 fully saturated rings. The molecule has 0 aromatic carbocycles. The average Bonchev–Trinajstić information content (AvgIpc) is 2.98. The quantitative estimate of drug-likeness (QED) is 0.828. The number of aryl methyl sites for hydroxylation is 1. The lowest BCUT2D eigenvalue weighted by molar-refractivity contribution is -0.119. The Morgan fingerprint density at radius 1 is 1.40 bits per heavy atom. The van der Waals surface area contributed by atoms with Gasteiger partial charge in [0, 0.05) is 25.4 Å². The molecule has 0 saturated carbocycles. The van der Waals surface area contributed by atoms with E-state index < -0.39 is 6.04 Å². The molecule has 0 spiro atoms. The van der Waals surface area contributed by atoms with Gasteiger partial charge in [0.1, 0.15) is 12.2 Å². The van der Waals surface area contributed by atoms with Crippen LogP contribution in [0.2, 0.25) is 0 Å². The van der Waals surface area contributed by atoms with Gasteiger partial charge in [-0.1, -0.05) is 13.8 Å². The van der Waals surface area contributed by atoms with E-state index in [4.69, 9.17) is 5.73 Å². The van der Waals surface area contributed by atoms with Crippen molar-refractivity contribution >= 4 is 5.78 Å². The minimum Gasteiger partial charge on any atom is -0.318 e. The fraction of sp³-hybridized carbons (Fsp3) is 0.538. The van der Waals surface area contributed by atoms with E-state index in [1.807, 2.05) is 0 Å². The van der Waals surface area contributed by atoms with Gasteiger partial charge in [0.2, 0.25) is 0 Å². The fourth-order valence-corrected chi connectivity index (χ4v) is 1.98. The van der Waals surface area contributed by atoms with Crippen LogP contribution in [-0.2, 0) is 24.8 Å². The molecule has 2 rings (SSSR count). The highest BCUT2D eigenvalue weighted by molar-refractivity contribution is 5.86. The Hall–Kier alpha value is -2.02. The zero-order valence-corrected chi connectivity index (χ0v) is 12.0. The van der Waals surface area contributed by atoms with Gasteiger partial charge in [-0.05, 0) is 5.92 Å². The van der Waals surface area contributed by atoms with E-state index in [-0.39, 0.29) is 12.2 Å². The van der Waals surface area contributed by atoms with Crippen LogP contribution in [0.15, 0.2) is 18.7 Å². The van der Waals surface area contributed by atoms with Crippen molar-refractivity contribution in [2.24, 2.45) is 18.7 Å². The Morgan fingerprint density at radius 2 is 2.15 bits per heavy atom. The van der Waals surface area contributed by atoms with Crippen LogP contribution in [0.1, 0.15) is 31.3 Å². The molecule has 0 saturated heterocycles. The second-order valence-electron chi connectivity index (χ2n) is 5.32. The molecule has 2 aromatic heterocycles. The Balaban J connectivity index is 2.06. The summed E-state index contributed by atoms with van der Waals surface area (Å²) in [5.74, 6) is 1.01. The van der Waals surface area contributed by atoms with Gasteiger partial charge in [0.05, 0.1) is 18.7 Å². The van der Waals surface area contributed by atoms with Gasteiger partial charge in [-0.25, -0.2) is 9.67 Å². The van der Waals surface area contributed by atoms with Gasteiger partial charge in [-0.15, -0.1) is 0 Å². The third-order valence-electron chi connectivity index (χ3n) is 3.00. The van der Waals surface area contributed by atoms with Crippen molar-refractivity contribution in [1.29, 1.82) is 0 Å². The van der Waals surface area contributed by atoms with Crippen LogP contribution in [0.4, 0.5) is 0 Å². The third-order valence-corrected chi connectivity index (χ3v) is 3.00. The molecule has 20 heavy (non-hydrogen) atoms. The smallest absolute Gasteiger partial charge is 0.161 e. The molecule has 0 aliphatic carbocycles. The first-order chi connectivity index (χ1) is 9.47. The topological polar surface area (TPSA) is 91.6 Å². The van der Waals surface area contributed by atoms with Crippen LogP contribution >= 0.6 is 0 Å². The second kappa shape index (κ2) is 5.96. The molecule has 0 amide bonds. The molecule has 0 aliphatic rings. The fourth-order valence-electron chi connectivity index (χ4n) is 1.98. The first-order valence-electron chi connectivity index (χ1n) is 6.61. The third kappa shape index (κ3) is 3.30.